The molecule has 8 heteroatoms. The highest BCUT2D eigenvalue weighted by Crippen LogP contribution is 2.32. The topological polar surface area (TPSA) is 88.6 Å². The van der Waals surface area contributed by atoms with E-state index in [1.165, 1.54) is 6.20 Å². The summed E-state index contributed by atoms with van der Waals surface area (Å²) in [4.78, 5) is 22.7. The Morgan fingerprint density at radius 2 is 1.96 bits per heavy atom. The lowest BCUT2D eigenvalue weighted by Gasteiger charge is -2.18. The molecule has 1 aliphatic heterocycles. The first kappa shape index (κ1) is 17.0. The smallest absolute Gasteiger partial charge is 0.275 e. The molecule has 0 aliphatic carbocycles. The number of fused-ring (bicyclic) bond motifs is 1. The van der Waals surface area contributed by atoms with Crippen molar-refractivity contribution in [3.63, 3.8) is 0 Å². The van der Waals surface area contributed by atoms with Gasteiger partial charge in [0.2, 0.25) is 0 Å². The number of amides is 1. The van der Waals surface area contributed by atoms with E-state index in [0.29, 0.717) is 36.2 Å². The van der Waals surface area contributed by atoms with Crippen LogP contribution in [0.4, 0.5) is 11.5 Å². The maximum Gasteiger partial charge on any atom is 0.275 e. The number of carbonyl (C=O) groups is 1. The molecule has 2 heterocycles. The van der Waals surface area contributed by atoms with Crippen LogP contribution in [0, 0.1) is 0 Å². The third-order valence-corrected chi connectivity index (χ3v) is 3.55. The third kappa shape index (κ3) is 4.57. The van der Waals surface area contributed by atoms with E-state index in [0.717, 1.165) is 13.1 Å². The molecule has 0 unspecified atom stereocenters. The monoisotopic (exact) mass is 343 g/mol. The van der Waals surface area contributed by atoms with Crippen LogP contribution in [0.15, 0.2) is 30.6 Å². The van der Waals surface area contributed by atoms with Crippen LogP contribution in [-0.2, 0) is 0 Å². The number of likely N-dealkylation sites (N-methyl/N-ethyl adjacent to an activating group) is 1. The van der Waals surface area contributed by atoms with Gasteiger partial charge in [-0.25, -0.2) is 9.97 Å². The SMILES string of the molecule is CN(C)CCNc1cnc(C(=O)Nc2ccc3c(c2)OCCO3)cn1. The summed E-state index contributed by atoms with van der Waals surface area (Å²) in [7, 11) is 4.00. The van der Waals surface area contributed by atoms with Gasteiger partial charge in [-0.15, -0.1) is 0 Å². The lowest BCUT2D eigenvalue weighted by atomic mass is 10.2. The molecule has 132 valence electrons. The average Bonchev–Trinajstić information content (AvgIpc) is 2.62. The van der Waals surface area contributed by atoms with Gasteiger partial charge in [-0.2, -0.15) is 0 Å². The second-order valence-corrected chi connectivity index (χ2v) is 5.83. The third-order valence-electron chi connectivity index (χ3n) is 3.55. The Morgan fingerprint density at radius 1 is 1.16 bits per heavy atom. The van der Waals surface area contributed by atoms with Gasteiger partial charge in [-0.1, -0.05) is 0 Å². The number of ether oxygens (including phenoxy) is 2. The molecule has 0 saturated carbocycles. The lowest BCUT2D eigenvalue weighted by Crippen LogP contribution is -2.21. The Hall–Kier alpha value is -2.87. The van der Waals surface area contributed by atoms with Crippen molar-refractivity contribution in [1.29, 1.82) is 0 Å². The Kier molecular flexibility index (Phi) is 5.30. The van der Waals surface area contributed by atoms with E-state index < -0.39 is 0 Å². The van der Waals surface area contributed by atoms with E-state index in [1.54, 1.807) is 24.4 Å². The van der Waals surface area contributed by atoms with E-state index in [1.807, 2.05) is 14.1 Å². The number of anilines is 2. The lowest BCUT2D eigenvalue weighted by molar-refractivity contribution is 0.102. The number of nitrogens with zero attached hydrogens (tertiary/aromatic N) is 3. The Balaban J connectivity index is 1.59. The fourth-order valence-corrected chi connectivity index (χ4v) is 2.26. The first-order chi connectivity index (χ1) is 12.1. The molecule has 0 fully saturated rings. The molecule has 1 aliphatic rings. The summed E-state index contributed by atoms with van der Waals surface area (Å²) in [5, 5.41) is 5.93. The molecular formula is C17H21N5O3. The second kappa shape index (κ2) is 7.80. The molecule has 1 amide bonds. The quantitative estimate of drug-likeness (QED) is 0.821. The number of hydrogen-bond donors (Lipinski definition) is 2. The van der Waals surface area contributed by atoms with Crippen molar-refractivity contribution >= 4 is 17.4 Å². The van der Waals surface area contributed by atoms with Crippen molar-refractivity contribution in [3.8, 4) is 11.5 Å². The molecule has 0 radical (unpaired) electrons. The molecule has 25 heavy (non-hydrogen) atoms. The molecule has 0 atom stereocenters. The summed E-state index contributed by atoms with van der Waals surface area (Å²) >= 11 is 0. The summed E-state index contributed by atoms with van der Waals surface area (Å²) in [5.41, 5.74) is 0.859. The second-order valence-electron chi connectivity index (χ2n) is 5.83. The molecule has 1 aromatic heterocycles. The number of nitrogens with one attached hydrogen (secondary N) is 2. The van der Waals surface area contributed by atoms with Crippen LogP contribution in [0.1, 0.15) is 10.5 Å². The molecule has 0 spiro atoms. The standard InChI is InChI=1S/C17H21N5O3/c1-22(2)6-5-18-16-11-19-13(10-20-16)17(23)21-12-3-4-14-15(9-12)25-8-7-24-14/h3-4,9-11H,5-8H2,1-2H3,(H,18,20)(H,21,23). The molecule has 3 rings (SSSR count). The van der Waals surface area contributed by atoms with Crippen LogP contribution < -0.4 is 20.1 Å². The fraction of sp³-hybridized carbons (Fsp3) is 0.353. The van der Waals surface area contributed by atoms with Crippen molar-refractivity contribution in [2.24, 2.45) is 0 Å². The summed E-state index contributed by atoms with van der Waals surface area (Å²) in [6, 6.07) is 5.26. The normalized spacial score (nSPS) is 12.8. The minimum atomic E-state index is -0.330. The van der Waals surface area contributed by atoms with E-state index >= 15 is 0 Å². The highest BCUT2D eigenvalue weighted by atomic mass is 16.6. The summed E-state index contributed by atoms with van der Waals surface area (Å²) in [6.07, 6.45) is 3.00. The molecule has 2 N–H and O–H groups in total. The largest absolute Gasteiger partial charge is 0.486 e. The Morgan fingerprint density at radius 3 is 2.68 bits per heavy atom. The number of carbonyl (C=O) groups excluding carboxylic acids is 1. The fourth-order valence-electron chi connectivity index (χ4n) is 2.26. The Bertz CT molecular complexity index is 734. The van der Waals surface area contributed by atoms with Gasteiger partial charge >= 0.3 is 0 Å². The molecule has 2 aromatic rings. The van der Waals surface area contributed by atoms with E-state index in [4.69, 9.17) is 9.47 Å². The van der Waals surface area contributed by atoms with Gasteiger partial charge in [0.05, 0.1) is 12.4 Å². The van der Waals surface area contributed by atoms with Crippen molar-refractivity contribution in [1.82, 2.24) is 14.9 Å². The minimum Gasteiger partial charge on any atom is -0.486 e. The van der Waals surface area contributed by atoms with E-state index in [-0.39, 0.29) is 11.6 Å². The van der Waals surface area contributed by atoms with Crippen LogP contribution in [0.2, 0.25) is 0 Å². The molecule has 0 saturated heterocycles. The van der Waals surface area contributed by atoms with Gasteiger partial charge in [0, 0.05) is 24.8 Å². The number of hydrogen-bond acceptors (Lipinski definition) is 7. The maximum absolute atomic E-state index is 12.3. The zero-order valence-corrected chi connectivity index (χ0v) is 14.3. The first-order valence-corrected chi connectivity index (χ1v) is 8.03. The summed E-state index contributed by atoms with van der Waals surface area (Å²) < 4.78 is 11.0. The minimum absolute atomic E-state index is 0.244. The van der Waals surface area contributed by atoms with Crippen molar-refractivity contribution in [3.05, 3.63) is 36.3 Å². The van der Waals surface area contributed by atoms with Crippen LogP contribution in [0.3, 0.4) is 0 Å². The van der Waals surface area contributed by atoms with Crippen molar-refractivity contribution in [2.75, 3.05) is 51.0 Å². The molecular weight excluding hydrogens is 322 g/mol. The predicted octanol–water partition coefficient (Wildman–Crippen LogP) is 1.47. The predicted molar refractivity (Wildman–Crippen MR) is 94.5 cm³/mol. The summed E-state index contributed by atoms with van der Waals surface area (Å²) in [6.45, 7) is 2.67. The molecule has 8 nitrogen and oxygen atoms in total. The van der Waals surface area contributed by atoms with Crippen LogP contribution in [-0.4, -0.2) is 61.2 Å². The zero-order chi connectivity index (χ0) is 17.6. The molecule has 1 aromatic carbocycles. The Labute approximate surface area is 146 Å². The van der Waals surface area contributed by atoms with Gasteiger partial charge in [0.25, 0.3) is 5.91 Å². The van der Waals surface area contributed by atoms with Gasteiger partial charge in [0.15, 0.2) is 11.5 Å². The number of benzene rings is 1. The van der Waals surface area contributed by atoms with Gasteiger partial charge < -0.3 is 25.0 Å². The van der Waals surface area contributed by atoms with E-state index in [2.05, 4.69) is 25.5 Å². The van der Waals surface area contributed by atoms with Gasteiger partial charge in [-0.3, -0.25) is 4.79 Å². The maximum atomic E-state index is 12.3. The highest BCUT2D eigenvalue weighted by molar-refractivity contribution is 6.02. The van der Waals surface area contributed by atoms with Crippen molar-refractivity contribution in [2.45, 2.75) is 0 Å². The number of rotatable bonds is 6. The average molecular weight is 343 g/mol. The molecule has 0 bridgehead atoms. The number of aromatic nitrogens is 2. The zero-order valence-electron chi connectivity index (χ0n) is 14.3. The first-order valence-electron chi connectivity index (χ1n) is 8.03. The van der Waals surface area contributed by atoms with Crippen molar-refractivity contribution < 1.29 is 14.3 Å². The van der Waals surface area contributed by atoms with Crippen LogP contribution in [0.25, 0.3) is 0 Å². The highest BCUT2D eigenvalue weighted by Gasteiger charge is 2.14. The van der Waals surface area contributed by atoms with E-state index in [9.17, 15) is 4.79 Å². The van der Waals surface area contributed by atoms with Gasteiger partial charge in [0.1, 0.15) is 24.7 Å². The van der Waals surface area contributed by atoms with Crippen LogP contribution >= 0.6 is 0 Å². The summed E-state index contributed by atoms with van der Waals surface area (Å²) in [5.74, 6) is 1.61. The van der Waals surface area contributed by atoms with Gasteiger partial charge in [-0.05, 0) is 26.2 Å². The van der Waals surface area contributed by atoms with Crippen LogP contribution in [0.5, 0.6) is 11.5 Å².